The van der Waals surface area contributed by atoms with Gasteiger partial charge in [-0.2, -0.15) is 5.10 Å². The Balaban J connectivity index is 1.73. The second-order valence-electron chi connectivity index (χ2n) is 4.47. The molecule has 0 spiro atoms. The predicted molar refractivity (Wildman–Crippen MR) is 83.5 cm³/mol. The van der Waals surface area contributed by atoms with Crippen molar-refractivity contribution < 1.29 is 4.79 Å². The van der Waals surface area contributed by atoms with Crippen LogP contribution in [0, 0.1) is 0 Å². The van der Waals surface area contributed by atoms with Crippen LogP contribution in [0.4, 0.5) is 5.69 Å². The van der Waals surface area contributed by atoms with Gasteiger partial charge < -0.3 is 11.1 Å². The summed E-state index contributed by atoms with van der Waals surface area (Å²) >= 11 is 1.61. The van der Waals surface area contributed by atoms with Gasteiger partial charge in [-0.15, -0.1) is 11.3 Å². The monoisotopic (exact) mass is 298 g/mol. The van der Waals surface area contributed by atoms with Crippen molar-refractivity contribution >= 4 is 22.9 Å². The third kappa shape index (κ3) is 2.95. The highest BCUT2D eigenvalue weighted by Crippen LogP contribution is 2.15. The SMILES string of the molecule is Nc1ccccc1-n1ccc(C(=O)NCc2cccs2)n1. The number of nitrogens with zero attached hydrogens (tertiary/aromatic N) is 2. The minimum atomic E-state index is -0.198. The van der Waals surface area contributed by atoms with E-state index in [0.717, 1.165) is 10.6 Å². The molecule has 106 valence electrons. The van der Waals surface area contributed by atoms with Gasteiger partial charge in [0.25, 0.3) is 5.91 Å². The fourth-order valence-electron chi connectivity index (χ4n) is 1.95. The summed E-state index contributed by atoms with van der Waals surface area (Å²) in [6.07, 6.45) is 1.73. The van der Waals surface area contributed by atoms with Crippen LogP contribution in [0.1, 0.15) is 15.4 Å². The molecule has 6 heteroatoms. The Morgan fingerprint density at radius 2 is 2.10 bits per heavy atom. The minimum absolute atomic E-state index is 0.198. The summed E-state index contributed by atoms with van der Waals surface area (Å²) in [4.78, 5) is 13.2. The third-order valence-electron chi connectivity index (χ3n) is 3.01. The molecule has 2 aromatic heterocycles. The van der Waals surface area contributed by atoms with Crippen LogP contribution in [-0.2, 0) is 6.54 Å². The van der Waals surface area contributed by atoms with Gasteiger partial charge in [0.2, 0.25) is 0 Å². The van der Waals surface area contributed by atoms with Crippen LogP contribution in [0.25, 0.3) is 5.69 Å². The molecule has 21 heavy (non-hydrogen) atoms. The summed E-state index contributed by atoms with van der Waals surface area (Å²) in [5, 5.41) is 9.09. The first-order chi connectivity index (χ1) is 10.2. The van der Waals surface area contributed by atoms with Crippen molar-refractivity contribution in [2.24, 2.45) is 0 Å². The number of nitrogen functional groups attached to an aromatic ring is 1. The second-order valence-corrected chi connectivity index (χ2v) is 5.50. The fraction of sp³-hybridized carbons (Fsp3) is 0.0667. The zero-order valence-electron chi connectivity index (χ0n) is 11.2. The van der Waals surface area contributed by atoms with Gasteiger partial charge in [-0.1, -0.05) is 18.2 Å². The Morgan fingerprint density at radius 3 is 2.86 bits per heavy atom. The smallest absolute Gasteiger partial charge is 0.272 e. The predicted octanol–water partition coefficient (Wildman–Crippen LogP) is 2.45. The molecule has 0 aliphatic heterocycles. The molecule has 1 amide bonds. The van der Waals surface area contributed by atoms with E-state index in [-0.39, 0.29) is 5.91 Å². The number of hydrogen-bond acceptors (Lipinski definition) is 4. The van der Waals surface area contributed by atoms with Gasteiger partial charge in [0.05, 0.1) is 17.9 Å². The molecule has 5 nitrogen and oxygen atoms in total. The first-order valence-electron chi connectivity index (χ1n) is 6.45. The molecule has 3 N–H and O–H groups in total. The van der Waals surface area contributed by atoms with E-state index in [1.165, 1.54) is 0 Å². The lowest BCUT2D eigenvalue weighted by Gasteiger charge is -2.04. The van der Waals surface area contributed by atoms with E-state index < -0.39 is 0 Å². The summed E-state index contributed by atoms with van der Waals surface area (Å²) < 4.78 is 1.61. The average molecular weight is 298 g/mol. The highest BCUT2D eigenvalue weighted by Gasteiger charge is 2.11. The maximum Gasteiger partial charge on any atom is 0.272 e. The van der Waals surface area contributed by atoms with Gasteiger partial charge in [0.15, 0.2) is 5.69 Å². The Labute approximate surface area is 126 Å². The molecule has 3 rings (SSSR count). The number of hydrogen-bond donors (Lipinski definition) is 2. The van der Waals surface area contributed by atoms with Crippen LogP contribution in [0.2, 0.25) is 0 Å². The van der Waals surface area contributed by atoms with Crippen molar-refractivity contribution in [3.05, 3.63) is 64.6 Å². The van der Waals surface area contributed by atoms with Crippen LogP contribution in [0.15, 0.2) is 54.0 Å². The van der Waals surface area contributed by atoms with Gasteiger partial charge in [0.1, 0.15) is 0 Å². The summed E-state index contributed by atoms with van der Waals surface area (Å²) in [6, 6.07) is 13.0. The summed E-state index contributed by atoms with van der Waals surface area (Å²) in [7, 11) is 0. The number of benzene rings is 1. The molecule has 0 fully saturated rings. The molecule has 1 aromatic carbocycles. The molecule has 2 heterocycles. The Morgan fingerprint density at radius 1 is 1.24 bits per heavy atom. The molecule has 0 atom stereocenters. The molecule has 0 aliphatic carbocycles. The summed E-state index contributed by atoms with van der Waals surface area (Å²) in [5.74, 6) is -0.198. The molecule has 0 unspecified atom stereocenters. The highest BCUT2D eigenvalue weighted by atomic mass is 32.1. The van der Waals surface area contributed by atoms with E-state index >= 15 is 0 Å². The molecule has 0 radical (unpaired) electrons. The van der Waals surface area contributed by atoms with Crippen LogP contribution in [0.3, 0.4) is 0 Å². The number of nitrogens with two attached hydrogens (primary N) is 1. The van der Waals surface area contributed by atoms with Crippen molar-refractivity contribution in [2.75, 3.05) is 5.73 Å². The lowest BCUT2D eigenvalue weighted by molar-refractivity contribution is 0.0946. The van der Waals surface area contributed by atoms with E-state index in [1.54, 1.807) is 34.3 Å². The number of rotatable bonds is 4. The molecule has 0 saturated heterocycles. The van der Waals surface area contributed by atoms with E-state index in [1.807, 2.05) is 35.7 Å². The molecule has 0 aliphatic rings. The van der Waals surface area contributed by atoms with Crippen molar-refractivity contribution in [2.45, 2.75) is 6.54 Å². The molecular formula is C15H14N4OS. The first-order valence-corrected chi connectivity index (χ1v) is 7.33. The second kappa shape index (κ2) is 5.80. The van der Waals surface area contributed by atoms with Crippen LogP contribution in [0.5, 0.6) is 0 Å². The van der Waals surface area contributed by atoms with Crippen LogP contribution >= 0.6 is 11.3 Å². The quantitative estimate of drug-likeness (QED) is 0.727. The number of thiophene rings is 1. The summed E-state index contributed by atoms with van der Waals surface area (Å²) in [5.41, 5.74) is 7.65. The largest absolute Gasteiger partial charge is 0.397 e. The van der Waals surface area contributed by atoms with Crippen LogP contribution in [-0.4, -0.2) is 15.7 Å². The van der Waals surface area contributed by atoms with Crippen molar-refractivity contribution in [1.82, 2.24) is 15.1 Å². The Bertz CT molecular complexity index is 749. The maximum atomic E-state index is 12.1. The highest BCUT2D eigenvalue weighted by molar-refractivity contribution is 7.09. The van der Waals surface area contributed by atoms with E-state index in [4.69, 9.17) is 5.73 Å². The zero-order valence-corrected chi connectivity index (χ0v) is 12.0. The number of carbonyl (C=O) groups is 1. The van der Waals surface area contributed by atoms with E-state index in [0.29, 0.717) is 17.9 Å². The third-order valence-corrected chi connectivity index (χ3v) is 3.88. The maximum absolute atomic E-state index is 12.1. The van der Waals surface area contributed by atoms with Crippen molar-refractivity contribution in [1.29, 1.82) is 0 Å². The standard InChI is InChI=1S/C15H14N4OS/c16-12-5-1-2-6-14(12)19-8-7-13(18-19)15(20)17-10-11-4-3-9-21-11/h1-9H,10,16H2,(H,17,20). The Hall–Kier alpha value is -2.60. The fourth-order valence-corrected chi connectivity index (χ4v) is 2.59. The number of amides is 1. The average Bonchev–Trinajstić information content (AvgIpc) is 3.17. The molecule has 0 bridgehead atoms. The molecule has 0 saturated carbocycles. The minimum Gasteiger partial charge on any atom is -0.397 e. The molecular weight excluding hydrogens is 284 g/mol. The van der Waals surface area contributed by atoms with E-state index in [2.05, 4.69) is 10.4 Å². The lowest BCUT2D eigenvalue weighted by atomic mass is 10.3. The van der Waals surface area contributed by atoms with Gasteiger partial charge in [-0.05, 0) is 29.6 Å². The van der Waals surface area contributed by atoms with Gasteiger partial charge >= 0.3 is 0 Å². The lowest BCUT2D eigenvalue weighted by Crippen LogP contribution is -2.23. The normalized spacial score (nSPS) is 10.5. The van der Waals surface area contributed by atoms with E-state index in [9.17, 15) is 4.79 Å². The topological polar surface area (TPSA) is 72.9 Å². The van der Waals surface area contributed by atoms with Gasteiger partial charge in [-0.25, -0.2) is 4.68 Å². The number of carbonyl (C=O) groups excluding carboxylic acids is 1. The summed E-state index contributed by atoms with van der Waals surface area (Å²) in [6.45, 7) is 0.511. The van der Waals surface area contributed by atoms with Gasteiger partial charge in [-0.3, -0.25) is 4.79 Å². The van der Waals surface area contributed by atoms with Crippen molar-refractivity contribution in [3.63, 3.8) is 0 Å². The molecule has 3 aromatic rings. The first kappa shape index (κ1) is 13.4. The zero-order chi connectivity index (χ0) is 14.7. The van der Waals surface area contributed by atoms with Crippen molar-refractivity contribution in [3.8, 4) is 5.69 Å². The van der Waals surface area contributed by atoms with Gasteiger partial charge in [0, 0.05) is 11.1 Å². The number of aromatic nitrogens is 2. The van der Waals surface area contributed by atoms with Crippen LogP contribution < -0.4 is 11.1 Å². The number of para-hydroxylation sites is 2. The number of anilines is 1. The Kier molecular flexibility index (Phi) is 3.70. The number of nitrogens with one attached hydrogen (secondary N) is 1.